The Hall–Kier alpha value is -0.950. The van der Waals surface area contributed by atoms with Crippen molar-refractivity contribution in [3.8, 4) is 0 Å². The van der Waals surface area contributed by atoms with Crippen molar-refractivity contribution in [3.05, 3.63) is 29.8 Å². The van der Waals surface area contributed by atoms with Crippen LogP contribution in [0.1, 0.15) is 18.4 Å². The molecule has 0 unspecified atom stereocenters. The van der Waals surface area contributed by atoms with Crippen molar-refractivity contribution in [1.29, 1.82) is 0 Å². The third-order valence-corrected chi connectivity index (χ3v) is 5.87. The van der Waals surface area contributed by atoms with Gasteiger partial charge in [-0.05, 0) is 50.7 Å². The van der Waals surface area contributed by atoms with Crippen LogP contribution in [0.4, 0.5) is 0 Å². The maximum Gasteiger partial charge on any atom is 0.243 e. The first kappa shape index (κ1) is 15.4. The summed E-state index contributed by atoms with van der Waals surface area (Å²) < 4.78 is 26.7. The summed E-state index contributed by atoms with van der Waals surface area (Å²) in [6, 6.07) is 6.56. The van der Waals surface area contributed by atoms with E-state index in [2.05, 4.69) is 11.9 Å². The van der Waals surface area contributed by atoms with E-state index in [-0.39, 0.29) is 17.5 Å². The average molecular weight is 298 g/mol. The Balaban J connectivity index is 2.20. The molecule has 0 amide bonds. The molecule has 1 heterocycles. The lowest BCUT2D eigenvalue weighted by molar-refractivity contribution is 0.197. The summed E-state index contributed by atoms with van der Waals surface area (Å²) in [6.45, 7) is 1.68. The van der Waals surface area contributed by atoms with Crippen molar-refractivity contribution < 1.29 is 13.5 Å². The first-order chi connectivity index (χ1) is 9.45. The van der Waals surface area contributed by atoms with E-state index in [1.165, 1.54) is 4.31 Å². The Morgan fingerprint density at radius 3 is 2.60 bits per heavy atom. The molecule has 1 aliphatic rings. The molecule has 0 aromatic heterocycles. The molecule has 0 aliphatic carbocycles. The zero-order valence-corrected chi connectivity index (χ0v) is 12.8. The van der Waals surface area contributed by atoms with Crippen molar-refractivity contribution in [2.45, 2.75) is 30.4 Å². The van der Waals surface area contributed by atoms with E-state index in [1.807, 2.05) is 0 Å². The van der Waals surface area contributed by atoms with Gasteiger partial charge in [-0.25, -0.2) is 8.42 Å². The number of aliphatic hydroxyl groups is 1. The summed E-state index contributed by atoms with van der Waals surface area (Å²) in [5, 5.41) is 9.13. The molecule has 1 aromatic carbocycles. The number of piperidine rings is 1. The van der Waals surface area contributed by atoms with Crippen LogP contribution in [0.5, 0.6) is 0 Å². The number of likely N-dealkylation sites (tertiary alicyclic amines) is 1. The minimum absolute atomic E-state index is 0.0500. The minimum atomic E-state index is -3.48. The topological polar surface area (TPSA) is 60.9 Å². The van der Waals surface area contributed by atoms with Gasteiger partial charge >= 0.3 is 0 Å². The molecule has 0 atom stereocenters. The van der Waals surface area contributed by atoms with Gasteiger partial charge in [0.1, 0.15) is 0 Å². The zero-order valence-electron chi connectivity index (χ0n) is 12.0. The summed E-state index contributed by atoms with van der Waals surface area (Å²) in [6.07, 6.45) is 1.71. The monoisotopic (exact) mass is 298 g/mol. The Morgan fingerprint density at radius 1 is 1.35 bits per heavy atom. The zero-order chi connectivity index (χ0) is 14.8. The molecular weight excluding hydrogens is 276 g/mol. The number of rotatable bonds is 4. The first-order valence-electron chi connectivity index (χ1n) is 6.81. The highest BCUT2D eigenvalue weighted by Gasteiger charge is 2.30. The van der Waals surface area contributed by atoms with E-state index in [0.29, 0.717) is 5.56 Å². The van der Waals surface area contributed by atoms with E-state index in [1.54, 1.807) is 31.3 Å². The van der Waals surface area contributed by atoms with Crippen LogP contribution < -0.4 is 0 Å². The van der Waals surface area contributed by atoms with Crippen molar-refractivity contribution >= 4 is 10.0 Å². The summed E-state index contributed by atoms with van der Waals surface area (Å²) in [7, 11) is 0.216. The van der Waals surface area contributed by atoms with E-state index in [9.17, 15) is 8.42 Å². The fourth-order valence-corrected chi connectivity index (χ4v) is 4.01. The molecule has 0 saturated carbocycles. The first-order valence-corrected chi connectivity index (χ1v) is 8.25. The molecule has 112 valence electrons. The van der Waals surface area contributed by atoms with Crippen molar-refractivity contribution in [2.75, 3.05) is 27.2 Å². The van der Waals surface area contributed by atoms with E-state index in [4.69, 9.17) is 5.11 Å². The molecule has 1 fully saturated rings. The van der Waals surface area contributed by atoms with Gasteiger partial charge in [0.25, 0.3) is 0 Å². The van der Waals surface area contributed by atoms with E-state index < -0.39 is 10.0 Å². The SMILES string of the molecule is CN1CCC(N(C)S(=O)(=O)c2cccc(CO)c2)CC1. The summed E-state index contributed by atoms with van der Waals surface area (Å²) in [5.74, 6) is 0. The maximum absolute atomic E-state index is 12.6. The lowest BCUT2D eigenvalue weighted by Crippen LogP contribution is -2.44. The fraction of sp³-hybridized carbons (Fsp3) is 0.571. The standard InChI is InChI=1S/C14H22N2O3S/c1-15-8-6-13(7-9-15)16(2)20(18,19)14-5-3-4-12(10-14)11-17/h3-5,10,13,17H,6-9,11H2,1-2H3. The largest absolute Gasteiger partial charge is 0.392 e. The van der Waals surface area contributed by atoms with Gasteiger partial charge in [0.05, 0.1) is 11.5 Å². The van der Waals surface area contributed by atoms with Gasteiger partial charge in [0, 0.05) is 13.1 Å². The second-order valence-electron chi connectivity index (χ2n) is 5.36. The number of hydrogen-bond donors (Lipinski definition) is 1. The van der Waals surface area contributed by atoms with Crippen molar-refractivity contribution in [3.63, 3.8) is 0 Å². The van der Waals surface area contributed by atoms with Gasteiger partial charge in [0.15, 0.2) is 0 Å². The van der Waals surface area contributed by atoms with Gasteiger partial charge < -0.3 is 10.0 Å². The second kappa shape index (κ2) is 6.22. The third-order valence-electron chi connectivity index (χ3n) is 3.96. The summed E-state index contributed by atoms with van der Waals surface area (Å²) in [4.78, 5) is 2.47. The molecular formula is C14H22N2O3S. The lowest BCUT2D eigenvalue weighted by Gasteiger charge is -2.34. The Morgan fingerprint density at radius 2 is 2.00 bits per heavy atom. The summed E-state index contributed by atoms with van der Waals surface area (Å²) >= 11 is 0. The molecule has 0 spiro atoms. The molecule has 6 heteroatoms. The Kier molecular flexibility index (Phi) is 4.80. The van der Waals surface area contributed by atoms with Crippen LogP contribution in [-0.2, 0) is 16.6 Å². The van der Waals surface area contributed by atoms with Crippen LogP contribution >= 0.6 is 0 Å². The fourth-order valence-electron chi connectivity index (χ4n) is 2.53. The third kappa shape index (κ3) is 3.20. The molecule has 20 heavy (non-hydrogen) atoms. The molecule has 1 saturated heterocycles. The number of nitrogens with zero attached hydrogens (tertiary/aromatic N) is 2. The highest BCUT2D eigenvalue weighted by atomic mass is 32.2. The van der Waals surface area contributed by atoms with Crippen molar-refractivity contribution in [2.24, 2.45) is 0 Å². The average Bonchev–Trinajstić information content (AvgIpc) is 2.47. The van der Waals surface area contributed by atoms with Gasteiger partial charge in [-0.3, -0.25) is 0 Å². The molecule has 1 aliphatic heterocycles. The Bertz CT molecular complexity index is 551. The molecule has 1 N–H and O–H groups in total. The molecule has 0 bridgehead atoms. The van der Waals surface area contributed by atoms with Crippen LogP contribution in [0.3, 0.4) is 0 Å². The maximum atomic E-state index is 12.6. The van der Waals surface area contributed by atoms with E-state index in [0.717, 1.165) is 25.9 Å². The van der Waals surface area contributed by atoms with Crippen LogP contribution in [0.25, 0.3) is 0 Å². The smallest absolute Gasteiger partial charge is 0.243 e. The van der Waals surface area contributed by atoms with Crippen molar-refractivity contribution in [1.82, 2.24) is 9.21 Å². The molecule has 0 radical (unpaired) electrons. The summed E-state index contributed by atoms with van der Waals surface area (Å²) in [5.41, 5.74) is 0.614. The Labute approximate surface area is 120 Å². The predicted octanol–water partition coefficient (Wildman–Crippen LogP) is 0.894. The molecule has 2 rings (SSSR count). The van der Waals surface area contributed by atoms with Crippen LogP contribution in [0, 0.1) is 0 Å². The highest BCUT2D eigenvalue weighted by molar-refractivity contribution is 7.89. The number of sulfonamides is 1. The van der Waals surface area contributed by atoms with Crippen LogP contribution in [-0.4, -0.2) is 56.0 Å². The quantitative estimate of drug-likeness (QED) is 0.897. The van der Waals surface area contributed by atoms with Gasteiger partial charge in [-0.2, -0.15) is 4.31 Å². The minimum Gasteiger partial charge on any atom is -0.392 e. The van der Waals surface area contributed by atoms with E-state index >= 15 is 0 Å². The van der Waals surface area contributed by atoms with Gasteiger partial charge in [-0.1, -0.05) is 12.1 Å². The molecule has 1 aromatic rings. The highest BCUT2D eigenvalue weighted by Crippen LogP contribution is 2.22. The van der Waals surface area contributed by atoms with Crippen LogP contribution in [0.2, 0.25) is 0 Å². The normalized spacial score (nSPS) is 18.6. The number of hydrogen-bond acceptors (Lipinski definition) is 4. The number of benzene rings is 1. The van der Waals surface area contributed by atoms with Gasteiger partial charge in [0.2, 0.25) is 10.0 Å². The van der Waals surface area contributed by atoms with Crippen LogP contribution in [0.15, 0.2) is 29.2 Å². The lowest BCUT2D eigenvalue weighted by atomic mass is 10.1. The second-order valence-corrected chi connectivity index (χ2v) is 7.36. The number of aliphatic hydroxyl groups excluding tert-OH is 1. The predicted molar refractivity (Wildman–Crippen MR) is 77.8 cm³/mol. The molecule has 5 nitrogen and oxygen atoms in total. The van der Waals surface area contributed by atoms with Gasteiger partial charge in [-0.15, -0.1) is 0 Å².